The van der Waals surface area contributed by atoms with Gasteiger partial charge in [-0.2, -0.15) is 0 Å². The molecule has 0 bridgehead atoms. The molecule has 0 fully saturated rings. The van der Waals surface area contributed by atoms with E-state index in [0.29, 0.717) is 0 Å². The molecule has 0 heterocycles. The average molecular weight is 278 g/mol. The maximum Gasteiger partial charge on any atom is 0.232 e. The minimum absolute atomic E-state index is 0.0891. The van der Waals surface area contributed by atoms with Crippen molar-refractivity contribution >= 4 is 31.2 Å². The molecule has 17 heavy (non-hydrogen) atoms. The summed E-state index contributed by atoms with van der Waals surface area (Å²) in [5.74, 6) is -0.0917. The van der Waals surface area contributed by atoms with Gasteiger partial charge in [0.15, 0.2) is 9.84 Å². The van der Waals surface area contributed by atoms with Crippen molar-refractivity contribution in [1.29, 1.82) is 0 Å². The lowest BCUT2D eigenvalue weighted by atomic mass is 10.3. The second kappa shape index (κ2) is 4.53. The van der Waals surface area contributed by atoms with Crippen LogP contribution in [0.4, 0.5) is 11.4 Å². The molecule has 0 aliphatic rings. The lowest BCUT2D eigenvalue weighted by molar-refractivity contribution is 0.599. The number of sulfone groups is 1. The van der Waals surface area contributed by atoms with E-state index >= 15 is 0 Å². The molecule has 0 saturated heterocycles. The van der Waals surface area contributed by atoms with Crippen molar-refractivity contribution in [3.8, 4) is 0 Å². The number of hydrogen-bond donors (Lipinski definition) is 2. The van der Waals surface area contributed by atoms with E-state index in [9.17, 15) is 16.8 Å². The average Bonchev–Trinajstić information content (AvgIpc) is 2.19. The molecule has 0 aliphatic heterocycles. The summed E-state index contributed by atoms with van der Waals surface area (Å²) >= 11 is 0. The summed E-state index contributed by atoms with van der Waals surface area (Å²) in [6.45, 7) is 1.48. The van der Waals surface area contributed by atoms with Crippen LogP contribution in [0.15, 0.2) is 23.1 Å². The third-order valence-corrected chi connectivity index (χ3v) is 4.53. The summed E-state index contributed by atoms with van der Waals surface area (Å²) in [5, 5.41) is 0. The van der Waals surface area contributed by atoms with Gasteiger partial charge in [0, 0.05) is 11.9 Å². The van der Waals surface area contributed by atoms with Crippen LogP contribution >= 0.6 is 0 Å². The Bertz CT molecular complexity index is 620. The van der Waals surface area contributed by atoms with Crippen molar-refractivity contribution in [2.45, 2.75) is 11.8 Å². The van der Waals surface area contributed by atoms with E-state index in [1.807, 2.05) is 0 Å². The van der Waals surface area contributed by atoms with Crippen LogP contribution in [0, 0.1) is 0 Å². The van der Waals surface area contributed by atoms with Gasteiger partial charge in [-0.25, -0.2) is 16.8 Å². The highest BCUT2D eigenvalue weighted by Crippen LogP contribution is 2.23. The van der Waals surface area contributed by atoms with Crippen LogP contribution in [0.2, 0.25) is 0 Å². The molecule has 0 atom stereocenters. The first-order valence-corrected chi connectivity index (χ1v) is 8.30. The summed E-state index contributed by atoms with van der Waals surface area (Å²) in [6, 6.07) is 3.97. The number of anilines is 2. The second-order valence-electron chi connectivity index (χ2n) is 3.53. The second-order valence-corrected chi connectivity index (χ2v) is 7.53. The van der Waals surface area contributed by atoms with Gasteiger partial charge in [-0.1, -0.05) is 0 Å². The molecule has 3 N–H and O–H groups in total. The van der Waals surface area contributed by atoms with Crippen LogP contribution in [0.3, 0.4) is 0 Å². The zero-order chi connectivity index (χ0) is 13.3. The van der Waals surface area contributed by atoms with Gasteiger partial charge in [0.05, 0.1) is 16.3 Å². The smallest absolute Gasteiger partial charge is 0.232 e. The lowest BCUT2D eigenvalue weighted by Crippen LogP contribution is -2.15. The fourth-order valence-electron chi connectivity index (χ4n) is 1.17. The Morgan fingerprint density at radius 3 is 2.29 bits per heavy atom. The lowest BCUT2D eigenvalue weighted by Gasteiger charge is -2.09. The van der Waals surface area contributed by atoms with Gasteiger partial charge < -0.3 is 5.73 Å². The van der Waals surface area contributed by atoms with Crippen molar-refractivity contribution in [1.82, 2.24) is 0 Å². The molecule has 0 aliphatic carbocycles. The molecule has 0 aromatic heterocycles. The number of nitrogens with two attached hydrogens (primary N) is 1. The van der Waals surface area contributed by atoms with Crippen molar-refractivity contribution in [2.24, 2.45) is 0 Å². The van der Waals surface area contributed by atoms with Crippen molar-refractivity contribution in [2.75, 3.05) is 22.5 Å². The zero-order valence-electron chi connectivity index (χ0n) is 9.47. The maximum atomic E-state index is 11.4. The van der Waals surface area contributed by atoms with E-state index in [4.69, 9.17) is 5.73 Å². The Kier molecular flexibility index (Phi) is 3.68. The van der Waals surface area contributed by atoms with Crippen LogP contribution in [0.5, 0.6) is 0 Å². The fraction of sp³-hybridized carbons (Fsp3) is 0.333. The molecular weight excluding hydrogens is 264 g/mol. The van der Waals surface area contributed by atoms with Crippen LogP contribution < -0.4 is 10.5 Å². The van der Waals surface area contributed by atoms with E-state index < -0.39 is 19.9 Å². The Hall–Kier alpha value is -1.28. The molecule has 6 nitrogen and oxygen atoms in total. The molecule has 0 spiro atoms. The normalized spacial score (nSPS) is 12.4. The highest BCUT2D eigenvalue weighted by molar-refractivity contribution is 7.92. The van der Waals surface area contributed by atoms with Crippen LogP contribution in [-0.2, 0) is 19.9 Å². The fourth-order valence-corrected chi connectivity index (χ4v) is 2.64. The van der Waals surface area contributed by atoms with Crippen LogP contribution in [0.1, 0.15) is 6.92 Å². The number of nitrogens with one attached hydrogen (secondary N) is 1. The molecule has 0 amide bonds. The Balaban J connectivity index is 3.24. The Labute approximate surface area is 101 Å². The number of benzene rings is 1. The summed E-state index contributed by atoms with van der Waals surface area (Å²) in [7, 11) is -6.91. The predicted octanol–water partition coefficient (Wildman–Crippen LogP) is 0.434. The van der Waals surface area contributed by atoms with Crippen molar-refractivity contribution in [3.05, 3.63) is 18.2 Å². The number of sulfonamides is 1. The minimum atomic E-state index is -3.48. The summed E-state index contributed by atoms with van der Waals surface area (Å²) in [4.78, 5) is -0.0891. The highest BCUT2D eigenvalue weighted by atomic mass is 32.2. The summed E-state index contributed by atoms with van der Waals surface area (Å²) in [6.07, 6.45) is 1.01. The van der Waals surface area contributed by atoms with Gasteiger partial charge >= 0.3 is 0 Å². The zero-order valence-corrected chi connectivity index (χ0v) is 11.1. The minimum Gasteiger partial charge on any atom is -0.398 e. The van der Waals surface area contributed by atoms with Crippen molar-refractivity contribution in [3.63, 3.8) is 0 Å². The largest absolute Gasteiger partial charge is 0.398 e. The number of hydrogen-bond acceptors (Lipinski definition) is 5. The molecule has 0 unspecified atom stereocenters. The highest BCUT2D eigenvalue weighted by Gasteiger charge is 2.14. The van der Waals surface area contributed by atoms with Gasteiger partial charge in [-0.15, -0.1) is 0 Å². The molecule has 1 aromatic carbocycles. The van der Waals surface area contributed by atoms with Crippen LogP contribution in [0.25, 0.3) is 0 Å². The van der Waals surface area contributed by atoms with E-state index in [2.05, 4.69) is 4.72 Å². The molecule has 0 radical (unpaired) electrons. The maximum absolute atomic E-state index is 11.4. The molecule has 8 heteroatoms. The third kappa shape index (κ3) is 3.60. The number of nitrogen functional groups attached to an aromatic ring is 1. The first kappa shape index (κ1) is 13.8. The topological polar surface area (TPSA) is 106 Å². The Morgan fingerprint density at radius 1 is 1.24 bits per heavy atom. The van der Waals surface area contributed by atoms with Crippen LogP contribution in [-0.4, -0.2) is 28.8 Å². The van der Waals surface area contributed by atoms with Gasteiger partial charge in [0.25, 0.3) is 0 Å². The molecule has 0 saturated carbocycles. The standard InChI is InChI=1S/C9H14N2O4S2/c1-3-17(14,15)11-7-4-5-8(10)9(6-7)16(2,12)13/h4-6,11H,3,10H2,1-2H3. The quantitative estimate of drug-likeness (QED) is 0.777. The molecular formula is C9H14N2O4S2. The first-order chi connectivity index (χ1) is 7.65. The SMILES string of the molecule is CCS(=O)(=O)Nc1ccc(N)c(S(C)(=O)=O)c1. The van der Waals surface area contributed by atoms with Crippen molar-refractivity contribution < 1.29 is 16.8 Å². The number of rotatable bonds is 4. The van der Waals surface area contributed by atoms with Gasteiger partial charge in [0.2, 0.25) is 10.0 Å². The molecule has 1 aromatic rings. The molecule has 1 rings (SSSR count). The van der Waals surface area contributed by atoms with Gasteiger partial charge in [-0.3, -0.25) is 4.72 Å². The van der Waals surface area contributed by atoms with Gasteiger partial charge in [-0.05, 0) is 25.1 Å². The summed E-state index contributed by atoms with van der Waals surface area (Å²) in [5.41, 5.74) is 5.79. The van der Waals surface area contributed by atoms with E-state index in [0.717, 1.165) is 6.26 Å². The van der Waals surface area contributed by atoms with Gasteiger partial charge in [0.1, 0.15) is 0 Å². The third-order valence-electron chi connectivity index (χ3n) is 2.07. The summed E-state index contributed by atoms with van der Waals surface area (Å²) < 4.78 is 47.7. The Morgan fingerprint density at radius 2 is 1.82 bits per heavy atom. The van der Waals surface area contributed by atoms with E-state index in [-0.39, 0.29) is 22.0 Å². The predicted molar refractivity (Wildman–Crippen MR) is 67.0 cm³/mol. The van der Waals surface area contributed by atoms with E-state index in [1.165, 1.54) is 25.1 Å². The monoisotopic (exact) mass is 278 g/mol. The molecule has 96 valence electrons. The first-order valence-electron chi connectivity index (χ1n) is 4.76. The van der Waals surface area contributed by atoms with E-state index in [1.54, 1.807) is 0 Å².